The summed E-state index contributed by atoms with van der Waals surface area (Å²) in [5.74, 6) is 1.42. The summed E-state index contributed by atoms with van der Waals surface area (Å²) in [6.07, 6.45) is 12.6. The molecule has 3 heterocycles. The van der Waals surface area contributed by atoms with Gasteiger partial charge in [-0.1, -0.05) is 78.8 Å². The second-order valence-corrected chi connectivity index (χ2v) is 12.1. The Bertz CT molecular complexity index is 1320. The van der Waals surface area contributed by atoms with E-state index in [1.807, 2.05) is 12.3 Å². The molecule has 2 aromatic carbocycles. The zero-order valence-corrected chi connectivity index (χ0v) is 26.8. The van der Waals surface area contributed by atoms with Crippen molar-refractivity contribution in [1.29, 1.82) is 0 Å². The SMILES string of the molecule is C=C(CC)N1CCC(C)C1.C=C1c2cc(S)c(O)cc2N=CCC1C.CCCC(CCC)n1ccc2ccccc21. The van der Waals surface area contributed by atoms with Crippen LogP contribution in [0, 0.1) is 11.8 Å². The van der Waals surface area contributed by atoms with Gasteiger partial charge in [0.15, 0.2) is 0 Å². The molecule has 1 fully saturated rings. The molecule has 41 heavy (non-hydrogen) atoms. The van der Waals surface area contributed by atoms with Crippen LogP contribution in [0.25, 0.3) is 16.5 Å². The molecular weight excluding hydrogens is 522 g/mol. The van der Waals surface area contributed by atoms with Gasteiger partial charge >= 0.3 is 0 Å². The van der Waals surface area contributed by atoms with Crippen molar-refractivity contribution in [3.05, 3.63) is 73.1 Å². The number of allylic oxidation sites excluding steroid dienone is 2. The molecular formula is C36H51N3OS. The molecule has 0 spiro atoms. The maximum atomic E-state index is 9.54. The summed E-state index contributed by atoms with van der Waals surface area (Å²) in [5, 5.41) is 10.9. The normalized spacial score (nSPS) is 17.9. The molecule has 222 valence electrons. The minimum absolute atomic E-state index is 0.164. The third-order valence-electron chi connectivity index (χ3n) is 8.27. The van der Waals surface area contributed by atoms with Gasteiger partial charge in [0, 0.05) is 59.3 Å². The fourth-order valence-electron chi connectivity index (χ4n) is 5.60. The van der Waals surface area contributed by atoms with E-state index >= 15 is 0 Å². The van der Waals surface area contributed by atoms with Crippen molar-refractivity contribution in [2.24, 2.45) is 16.8 Å². The number of para-hydroxylation sites is 1. The third kappa shape index (κ3) is 8.78. The minimum atomic E-state index is 0.164. The van der Waals surface area contributed by atoms with Crippen LogP contribution in [0.5, 0.6) is 5.75 Å². The lowest BCUT2D eigenvalue weighted by Crippen LogP contribution is -2.18. The number of phenolic OH excluding ortho intramolecular Hbond substituents is 1. The number of phenols is 1. The molecule has 2 aliphatic rings. The van der Waals surface area contributed by atoms with Crippen LogP contribution in [-0.2, 0) is 0 Å². The maximum Gasteiger partial charge on any atom is 0.131 e. The number of thiol groups is 1. The van der Waals surface area contributed by atoms with E-state index in [-0.39, 0.29) is 5.75 Å². The lowest BCUT2D eigenvalue weighted by atomic mass is 9.93. The van der Waals surface area contributed by atoms with E-state index in [0.29, 0.717) is 16.9 Å². The van der Waals surface area contributed by atoms with Crippen LogP contribution >= 0.6 is 12.6 Å². The molecule has 1 N–H and O–H groups in total. The molecule has 0 amide bonds. The molecule has 2 atom stereocenters. The summed E-state index contributed by atoms with van der Waals surface area (Å²) < 4.78 is 2.46. The van der Waals surface area contributed by atoms with Gasteiger partial charge in [-0.15, -0.1) is 12.6 Å². The van der Waals surface area contributed by atoms with Gasteiger partial charge in [0.05, 0.1) is 5.69 Å². The van der Waals surface area contributed by atoms with Crippen molar-refractivity contribution in [2.75, 3.05) is 13.1 Å². The first-order valence-corrected chi connectivity index (χ1v) is 15.9. The molecule has 4 nitrogen and oxygen atoms in total. The van der Waals surface area contributed by atoms with Gasteiger partial charge in [-0.3, -0.25) is 4.99 Å². The van der Waals surface area contributed by atoms with E-state index in [9.17, 15) is 5.11 Å². The van der Waals surface area contributed by atoms with Gasteiger partial charge in [0.25, 0.3) is 0 Å². The van der Waals surface area contributed by atoms with Crippen molar-refractivity contribution >= 4 is 41.0 Å². The number of hydrogen-bond donors (Lipinski definition) is 2. The second-order valence-electron chi connectivity index (χ2n) is 11.6. The summed E-state index contributed by atoms with van der Waals surface area (Å²) >= 11 is 4.19. The van der Waals surface area contributed by atoms with E-state index < -0.39 is 0 Å². The Morgan fingerprint density at radius 1 is 1.10 bits per heavy atom. The van der Waals surface area contributed by atoms with Crippen LogP contribution in [0.15, 0.2) is 77.4 Å². The predicted molar refractivity (Wildman–Crippen MR) is 182 cm³/mol. The number of aromatic hydroxyl groups is 1. The molecule has 1 saturated heterocycles. The molecule has 2 aliphatic heterocycles. The number of aliphatic imine (C=N–C) groups is 1. The standard InChI is InChI=1S/C15H21N.C12H13NOS.C9H17N/c1-3-7-14(8-4-2)16-12-11-13-9-5-6-10-15(13)16;1-7-3-4-13-10-6-11(14)12(15)5-9(10)8(7)2;1-4-9(3)10-6-5-8(2)7-10/h5-6,9-12,14H,3-4,7-8H2,1-2H3;4-7,14-15H,2-3H2,1H3;8H,3-7H2,1-2H3. The first-order valence-electron chi connectivity index (χ1n) is 15.5. The molecule has 0 radical (unpaired) electrons. The van der Waals surface area contributed by atoms with E-state index in [1.54, 1.807) is 6.07 Å². The quantitative estimate of drug-likeness (QED) is 0.276. The summed E-state index contributed by atoms with van der Waals surface area (Å²) in [6.45, 7) is 21.7. The van der Waals surface area contributed by atoms with Crippen LogP contribution in [0.4, 0.5) is 5.69 Å². The van der Waals surface area contributed by atoms with E-state index in [1.165, 1.54) is 61.8 Å². The van der Waals surface area contributed by atoms with Crippen molar-refractivity contribution in [2.45, 2.75) is 90.5 Å². The number of benzene rings is 2. The highest BCUT2D eigenvalue weighted by atomic mass is 32.1. The van der Waals surface area contributed by atoms with Gasteiger partial charge in [-0.05, 0) is 73.1 Å². The van der Waals surface area contributed by atoms with Gasteiger partial charge in [0.2, 0.25) is 0 Å². The van der Waals surface area contributed by atoms with Gasteiger partial charge in [-0.25, -0.2) is 0 Å². The number of aromatic nitrogens is 1. The number of likely N-dealkylation sites (tertiary alicyclic amines) is 1. The number of hydrogen-bond acceptors (Lipinski definition) is 4. The predicted octanol–water partition coefficient (Wildman–Crippen LogP) is 10.5. The Labute approximate surface area is 254 Å². The Kier molecular flexibility index (Phi) is 12.6. The van der Waals surface area contributed by atoms with Crippen molar-refractivity contribution in [3.63, 3.8) is 0 Å². The monoisotopic (exact) mass is 573 g/mol. The van der Waals surface area contributed by atoms with Crippen LogP contribution in [0.2, 0.25) is 0 Å². The average molecular weight is 574 g/mol. The number of fused-ring (bicyclic) bond motifs is 2. The smallest absolute Gasteiger partial charge is 0.131 e. The zero-order valence-electron chi connectivity index (χ0n) is 25.9. The van der Waals surface area contributed by atoms with Crippen LogP contribution in [0.1, 0.15) is 91.2 Å². The van der Waals surface area contributed by atoms with Gasteiger partial charge in [-0.2, -0.15) is 0 Å². The Morgan fingerprint density at radius 3 is 2.44 bits per heavy atom. The van der Waals surface area contributed by atoms with E-state index in [0.717, 1.165) is 35.6 Å². The van der Waals surface area contributed by atoms with E-state index in [2.05, 4.69) is 111 Å². The van der Waals surface area contributed by atoms with Gasteiger partial charge < -0.3 is 14.6 Å². The molecule has 3 aromatic rings. The Morgan fingerprint density at radius 2 is 1.80 bits per heavy atom. The van der Waals surface area contributed by atoms with Crippen molar-refractivity contribution in [1.82, 2.24) is 9.47 Å². The number of nitrogens with zero attached hydrogens (tertiary/aromatic N) is 3. The molecule has 1 aromatic heterocycles. The van der Waals surface area contributed by atoms with Gasteiger partial charge in [0.1, 0.15) is 5.75 Å². The molecule has 0 saturated carbocycles. The first kappa shape index (κ1) is 32.6. The summed E-state index contributed by atoms with van der Waals surface area (Å²) in [5.41, 5.74) is 5.51. The molecule has 0 aliphatic carbocycles. The summed E-state index contributed by atoms with van der Waals surface area (Å²) in [6, 6.07) is 15.0. The molecule has 2 unspecified atom stereocenters. The topological polar surface area (TPSA) is 40.8 Å². The highest BCUT2D eigenvalue weighted by Crippen LogP contribution is 2.39. The zero-order chi connectivity index (χ0) is 29.9. The Hall–Kier alpha value is -2.92. The number of rotatable bonds is 7. The van der Waals surface area contributed by atoms with Crippen molar-refractivity contribution < 1.29 is 5.11 Å². The van der Waals surface area contributed by atoms with Crippen LogP contribution in [-0.4, -0.2) is 33.9 Å². The summed E-state index contributed by atoms with van der Waals surface area (Å²) in [4.78, 5) is 7.29. The third-order valence-corrected chi connectivity index (χ3v) is 8.63. The fraction of sp³-hybridized carbons (Fsp3) is 0.472. The largest absolute Gasteiger partial charge is 0.507 e. The lowest BCUT2D eigenvalue weighted by molar-refractivity contribution is 0.400. The maximum absolute atomic E-state index is 9.54. The average Bonchev–Trinajstić information content (AvgIpc) is 3.58. The molecule has 5 rings (SSSR count). The van der Waals surface area contributed by atoms with Crippen LogP contribution < -0.4 is 0 Å². The fourth-order valence-corrected chi connectivity index (χ4v) is 5.80. The molecule has 5 heteroatoms. The first-order chi connectivity index (χ1) is 19.7. The highest BCUT2D eigenvalue weighted by molar-refractivity contribution is 7.80. The Balaban J connectivity index is 0.000000174. The second kappa shape index (κ2) is 15.9. The summed E-state index contributed by atoms with van der Waals surface area (Å²) in [7, 11) is 0. The van der Waals surface area contributed by atoms with E-state index in [4.69, 9.17) is 0 Å². The lowest BCUT2D eigenvalue weighted by Gasteiger charge is -2.19. The highest BCUT2D eigenvalue weighted by Gasteiger charge is 2.18. The van der Waals surface area contributed by atoms with Crippen LogP contribution in [0.3, 0.4) is 0 Å². The minimum Gasteiger partial charge on any atom is -0.507 e. The molecule has 0 bridgehead atoms. The van der Waals surface area contributed by atoms with Crippen molar-refractivity contribution in [3.8, 4) is 5.75 Å².